The van der Waals surface area contributed by atoms with Crippen LogP contribution in [0.4, 0.5) is 17.1 Å². The van der Waals surface area contributed by atoms with Gasteiger partial charge >= 0.3 is 0 Å². The third-order valence-corrected chi connectivity index (χ3v) is 4.94. The Morgan fingerprint density at radius 2 is 1.96 bits per heavy atom. The van der Waals surface area contributed by atoms with Gasteiger partial charge in [-0.25, -0.2) is 0 Å². The number of halogens is 1. The molecule has 0 spiro atoms. The number of nitrogens with zero attached hydrogens (tertiary/aromatic N) is 2. The van der Waals surface area contributed by atoms with Crippen molar-refractivity contribution in [2.45, 2.75) is 6.42 Å². The Kier molecular flexibility index (Phi) is 6.25. The molecular formula is C19H19BrN4O4. The second kappa shape index (κ2) is 8.83. The van der Waals surface area contributed by atoms with E-state index in [-0.39, 0.29) is 29.8 Å². The highest BCUT2D eigenvalue weighted by atomic mass is 79.9. The van der Waals surface area contributed by atoms with Crippen molar-refractivity contribution in [1.82, 2.24) is 5.32 Å². The summed E-state index contributed by atoms with van der Waals surface area (Å²) in [4.78, 5) is 36.4. The lowest BCUT2D eigenvalue weighted by molar-refractivity contribution is -0.384. The molecule has 2 aromatic carbocycles. The lowest BCUT2D eigenvalue weighted by atomic mass is 10.1. The maximum Gasteiger partial charge on any atom is 0.269 e. The van der Waals surface area contributed by atoms with Crippen LogP contribution in [0.1, 0.15) is 6.42 Å². The summed E-state index contributed by atoms with van der Waals surface area (Å²) in [5.74, 6) is -0.607. The van der Waals surface area contributed by atoms with Crippen LogP contribution in [0.2, 0.25) is 0 Å². The van der Waals surface area contributed by atoms with Gasteiger partial charge in [0.2, 0.25) is 11.8 Å². The number of carbonyl (C=O) groups excluding carboxylic acids is 2. The van der Waals surface area contributed by atoms with Gasteiger partial charge in [-0.15, -0.1) is 0 Å². The summed E-state index contributed by atoms with van der Waals surface area (Å²) in [6.45, 7) is 1.22. The fourth-order valence-corrected chi connectivity index (χ4v) is 3.40. The quantitative estimate of drug-likeness (QED) is 0.386. The van der Waals surface area contributed by atoms with Crippen LogP contribution >= 0.6 is 15.9 Å². The van der Waals surface area contributed by atoms with Gasteiger partial charge in [-0.2, -0.15) is 0 Å². The number of nitro benzene ring substituents is 1. The smallest absolute Gasteiger partial charge is 0.269 e. The summed E-state index contributed by atoms with van der Waals surface area (Å²) >= 11 is 3.39. The Labute approximate surface area is 170 Å². The van der Waals surface area contributed by atoms with E-state index in [0.717, 1.165) is 15.8 Å². The normalized spacial score (nSPS) is 16.1. The monoisotopic (exact) mass is 446 g/mol. The summed E-state index contributed by atoms with van der Waals surface area (Å²) in [6.07, 6.45) is 0.189. The van der Waals surface area contributed by atoms with Crippen LogP contribution in [-0.4, -0.2) is 36.4 Å². The fourth-order valence-electron chi connectivity index (χ4n) is 3.01. The van der Waals surface area contributed by atoms with Crippen LogP contribution in [0, 0.1) is 16.0 Å². The van der Waals surface area contributed by atoms with Crippen molar-refractivity contribution in [2.24, 2.45) is 5.92 Å². The van der Waals surface area contributed by atoms with Crippen molar-refractivity contribution in [2.75, 3.05) is 29.9 Å². The molecule has 28 heavy (non-hydrogen) atoms. The van der Waals surface area contributed by atoms with Gasteiger partial charge in [0.25, 0.3) is 5.69 Å². The van der Waals surface area contributed by atoms with E-state index in [2.05, 4.69) is 26.6 Å². The standard InChI is InChI=1S/C19H19BrN4O4/c20-14-2-1-3-17(11-14)23-12-13(10-18(23)25)19(26)22-9-8-21-15-4-6-16(7-5-15)24(27)28/h1-7,11,13,21H,8-10,12H2,(H,22,26). The average Bonchev–Trinajstić information content (AvgIpc) is 3.07. The van der Waals surface area contributed by atoms with Crippen molar-refractivity contribution >= 4 is 44.8 Å². The molecule has 0 saturated carbocycles. The Morgan fingerprint density at radius 3 is 2.64 bits per heavy atom. The minimum atomic E-state index is -0.454. The molecule has 0 radical (unpaired) electrons. The molecule has 1 unspecified atom stereocenters. The molecule has 2 aromatic rings. The number of nitrogens with one attached hydrogen (secondary N) is 2. The van der Waals surface area contributed by atoms with Crippen LogP contribution in [0.15, 0.2) is 53.0 Å². The summed E-state index contributed by atoms with van der Waals surface area (Å²) in [5.41, 5.74) is 1.53. The predicted octanol–water partition coefficient (Wildman–Crippen LogP) is 2.94. The van der Waals surface area contributed by atoms with E-state index in [1.807, 2.05) is 24.3 Å². The summed E-state index contributed by atoms with van der Waals surface area (Å²) in [6, 6.07) is 13.5. The first kappa shape index (κ1) is 19.8. The van der Waals surface area contributed by atoms with Gasteiger partial charge < -0.3 is 15.5 Å². The molecular weight excluding hydrogens is 428 g/mol. The third-order valence-electron chi connectivity index (χ3n) is 4.45. The molecule has 0 aromatic heterocycles. The van der Waals surface area contributed by atoms with Crippen molar-refractivity contribution in [3.8, 4) is 0 Å². The second-order valence-electron chi connectivity index (χ2n) is 6.41. The first-order valence-corrected chi connectivity index (χ1v) is 9.55. The summed E-state index contributed by atoms with van der Waals surface area (Å²) < 4.78 is 0.878. The molecule has 9 heteroatoms. The number of hydrogen-bond donors (Lipinski definition) is 2. The molecule has 0 aliphatic carbocycles. The largest absolute Gasteiger partial charge is 0.383 e. The van der Waals surface area contributed by atoms with E-state index >= 15 is 0 Å². The molecule has 1 atom stereocenters. The van der Waals surface area contributed by atoms with E-state index in [4.69, 9.17) is 0 Å². The molecule has 1 heterocycles. The molecule has 1 aliphatic rings. The van der Waals surface area contributed by atoms with Gasteiger partial charge in [-0.3, -0.25) is 19.7 Å². The zero-order valence-corrected chi connectivity index (χ0v) is 16.5. The van der Waals surface area contributed by atoms with Crippen LogP contribution in [0.5, 0.6) is 0 Å². The third kappa shape index (κ3) is 4.86. The Bertz CT molecular complexity index is 888. The number of hydrogen-bond acceptors (Lipinski definition) is 5. The minimum absolute atomic E-state index is 0.0275. The highest BCUT2D eigenvalue weighted by Gasteiger charge is 2.34. The van der Waals surface area contributed by atoms with Gasteiger partial charge in [-0.1, -0.05) is 22.0 Å². The molecule has 1 fully saturated rings. The van der Waals surface area contributed by atoms with Gasteiger partial charge in [0.05, 0.1) is 10.8 Å². The van der Waals surface area contributed by atoms with E-state index in [1.165, 1.54) is 12.1 Å². The van der Waals surface area contributed by atoms with Gasteiger partial charge in [0.15, 0.2) is 0 Å². The Hall–Kier alpha value is -2.94. The minimum Gasteiger partial charge on any atom is -0.383 e. The molecule has 1 saturated heterocycles. The van der Waals surface area contributed by atoms with Crippen LogP contribution in [0.25, 0.3) is 0 Å². The number of carbonyl (C=O) groups is 2. The zero-order chi connectivity index (χ0) is 20.1. The molecule has 0 bridgehead atoms. The van der Waals surface area contributed by atoms with Crippen molar-refractivity contribution in [1.29, 1.82) is 0 Å². The van der Waals surface area contributed by atoms with E-state index in [9.17, 15) is 19.7 Å². The second-order valence-corrected chi connectivity index (χ2v) is 7.32. The van der Waals surface area contributed by atoms with Gasteiger partial charge in [-0.05, 0) is 30.3 Å². The van der Waals surface area contributed by atoms with Gasteiger partial charge in [0.1, 0.15) is 0 Å². The Balaban J connectivity index is 1.45. The first-order chi connectivity index (χ1) is 13.4. The highest BCUT2D eigenvalue weighted by molar-refractivity contribution is 9.10. The maximum absolute atomic E-state index is 12.4. The zero-order valence-electron chi connectivity index (χ0n) is 14.9. The van der Waals surface area contributed by atoms with Crippen LogP contribution < -0.4 is 15.5 Å². The van der Waals surface area contributed by atoms with Crippen LogP contribution in [-0.2, 0) is 9.59 Å². The lowest BCUT2D eigenvalue weighted by Gasteiger charge is -2.17. The van der Waals surface area contributed by atoms with Gasteiger partial charge in [0, 0.05) is 54.0 Å². The van der Waals surface area contributed by atoms with Crippen molar-refractivity contribution in [3.63, 3.8) is 0 Å². The highest BCUT2D eigenvalue weighted by Crippen LogP contribution is 2.27. The van der Waals surface area contributed by atoms with E-state index in [1.54, 1.807) is 17.0 Å². The van der Waals surface area contributed by atoms with Crippen molar-refractivity contribution < 1.29 is 14.5 Å². The molecule has 146 valence electrons. The molecule has 8 nitrogen and oxygen atoms in total. The average molecular weight is 447 g/mol. The molecule has 1 aliphatic heterocycles. The molecule has 3 rings (SSSR count). The number of non-ortho nitro benzene ring substituents is 1. The van der Waals surface area contributed by atoms with Crippen LogP contribution in [0.3, 0.4) is 0 Å². The van der Waals surface area contributed by atoms with Crippen molar-refractivity contribution in [3.05, 3.63) is 63.1 Å². The topological polar surface area (TPSA) is 105 Å². The fraction of sp³-hybridized carbons (Fsp3) is 0.263. The lowest BCUT2D eigenvalue weighted by Crippen LogP contribution is -2.35. The number of nitro groups is 1. The summed E-state index contributed by atoms with van der Waals surface area (Å²) in [5, 5.41) is 16.6. The molecule has 2 N–H and O–H groups in total. The number of amides is 2. The summed E-state index contributed by atoms with van der Waals surface area (Å²) in [7, 11) is 0. The first-order valence-electron chi connectivity index (χ1n) is 8.76. The predicted molar refractivity (Wildman–Crippen MR) is 109 cm³/mol. The molecule has 2 amide bonds. The maximum atomic E-state index is 12.4. The van der Waals surface area contributed by atoms with E-state index < -0.39 is 4.92 Å². The number of benzene rings is 2. The number of anilines is 2. The number of rotatable bonds is 7. The SMILES string of the molecule is O=C(NCCNc1ccc([N+](=O)[O-])cc1)C1CC(=O)N(c2cccc(Br)c2)C1. The Morgan fingerprint density at radius 1 is 1.21 bits per heavy atom. The van der Waals surface area contributed by atoms with E-state index in [0.29, 0.717) is 19.6 Å².